The maximum absolute atomic E-state index is 12.5. The molecule has 25 heavy (non-hydrogen) atoms. The number of carbonyl (C=O) groups excluding carboxylic acids is 2. The highest BCUT2D eigenvalue weighted by molar-refractivity contribution is 6.00. The van der Waals surface area contributed by atoms with E-state index in [2.05, 4.69) is 29.7 Å². The van der Waals surface area contributed by atoms with Crippen LogP contribution < -0.4 is 15.5 Å². The second kappa shape index (κ2) is 8.48. The van der Waals surface area contributed by atoms with Crippen LogP contribution in [0.3, 0.4) is 0 Å². The van der Waals surface area contributed by atoms with Crippen LogP contribution in [-0.2, 0) is 16.0 Å². The number of piperidine rings is 1. The second-order valence-corrected chi connectivity index (χ2v) is 7.21. The van der Waals surface area contributed by atoms with Gasteiger partial charge in [0.05, 0.1) is 5.92 Å². The van der Waals surface area contributed by atoms with E-state index in [-0.39, 0.29) is 23.8 Å². The first-order valence-electron chi connectivity index (χ1n) is 9.57. The van der Waals surface area contributed by atoms with E-state index in [1.54, 1.807) is 4.90 Å². The minimum Gasteiger partial charge on any atom is -0.353 e. The van der Waals surface area contributed by atoms with Gasteiger partial charge in [0.15, 0.2) is 0 Å². The Morgan fingerprint density at radius 1 is 1.24 bits per heavy atom. The monoisotopic (exact) mass is 343 g/mol. The van der Waals surface area contributed by atoms with Crippen LogP contribution in [0.1, 0.15) is 44.6 Å². The average Bonchev–Trinajstić information content (AvgIpc) is 3.03. The van der Waals surface area contributed by atoms with Gasteiger partial charge in [0.25, 0.3) is 0 Å². The SMILES string of the molecule is CCCCc1ccc(N2CC(C(=O)NC3CCNCC3)CC2=O)cc1. The third-order valence-electron chi connectivity index (χ3n) is 5.25. The Morgan fingerprint density at radius 2 is 1.96 bits per heavy atom. The van der Waals surface area contributed by atoms with Crippen molar-refractivity contribution in [2.24, 2.45) is 5.92 Å². The van der Waals surface area contributed by atoms with Crippen molar-refractivity contribution < 1.29 is 9.59 Å². The van der Waals surface area contributed by atoms with E-state index < -0.39 is 0 Å². The van der Waals surface area contributed by atoms with Crippen LogP contribution in [0.15, 0.2) is 24.3 Å². The smallest absolute Gasteiger partial charge is 0.227 e. The molecule has 0 bridgehead atoms. The number of benzene rings is 1. The highest BCUT2D eigenvalue weighted by atomic mass is 16.2. The molecule has 5 nitrogen and oxygen atoms in total. The molecule has 0 radical (unpaired) electrons. The molecule has 0 aliphatic carbocycles. The van der Waals surface area contributed by atoms with E-state index in [1.165, 1.54) is 18.4 Å². The molecule has 2 aliphatic heterocycles. The summed E-state index contributed by atoms with van der Waals surface area (Å²) in [6.45, 7) is 4.58. The molecular formula is C20H29N3O2. The number of carbonyl (C=O) groups is 2. The van der Waals surface area contributed by atoms with Gasteiger partial charge in [-0.2, -0.15) is 0 Å². The lowest BCUT2D eigenvalue weighted by molar-refractivity contribution is -0.127. The van der Waals surface area contributed by atoms with Crippen molar-refractivity contribution in [3.63, 3.8) is 0 Å². The second-order valence-electron chi connectivity index (χ2n) is 7.21. The van der Waals surface area contributed by atoms with Crippen molar-refractivity contribution in [3.05, 3.63) is 29.8 Å². The van der Waals surface area contributed by atoms with Crippen LogP contribution in [0, 0.1) is 5.92 Å². The molecule has 136 valence electrons. The molecular weight excluding hydrogens is 314 g/mol. The molecule has 1 unspecified atom stereocenters. The lowest BCUT2D eigenvalue weighted by Crippen LogP contribution is -2.45. The topological polar surface area (TPSA) is 61.4 Å². The number of nitrogens with one attached hydrogen (secondary N) is 2. The van der Waals surface area contributed by atoms with Crippen LogP contribution in [0.2, 0.25) is 0 Å². The van der Waals surface area contributed by atoms with Gasteiger partial charge in [0, 0.05) is 24.7 Å². The fraction of sp³-hybridized carbons (Fsp3) is 0.600. The zero-order chi connectivity index (χ0) is 17.6. The number of hydrogen-bond donors (Lipinski definition) is 2. The molecule has 0 spiro atoms. The van der Waals surface area contributed by atoms with E-state index in [0.29, 0.717) is 13.0 Å². The van der Waals surface area contributed by atoms with Crippen molar-refractivity contribution in [1.82, 2.24) is 10.6 Å². The fourth-order valence-corrected chi connectivity index (χ4v) is 3.64. The zero-order valence-corrected chi connectivity index (χ0v) is 15.1. The predicted octanol–water partition coefficient (Wildman–Crippen LogP) is 2.25. The molecule has 0 saturated carbocycles. The van der Waals surface area contributed by atoms with Gasteiger partial charge in [-0.25, -0.2) is 0 Å². The molecule has 2 fully saturated rings. The van der Waals surface area contributed by atoms with Crippen LogP contribution in [0.5, 0.6) is 0 Å². The van der Waals surface area contributed by atoms with Crippen LogP contribution in [0.25, 0.3) is 0 Å². The Hall–Kier alpha value is -1.88. The summed E-state index contributed by atoms with van der Waals surface area (Å²) in [6.07, 6.45) is 5.69. The molecule has 3 rings (SSSR count). The van der Waals surface area contributed by atoms with E-state index in [4.69, 9.17) is 0 Å². The molecule has 5 heteroatoms. The number of nitrogens with zero attached hydrogens (tertiary/aromatic N) is 1. The van der Waals surface area contributed by atoms with E-state index in [9.17, 15) is 9.59 Å². The summed E-state index contributed by atoms with van der Waals surface area (Å²) in [5, 5.41) is 6.42. The predicted molar refractivity (Wildman–Crippen MR) is 99.5 cm³/mol. The lowest BCUT2D eigenvalue weighted by atomic mass is 10.0. The highest BCUT2D eigenvalue weighted by Crippen LogP contribution is 2.26. The van der Waals surface area contributed by atoms with E-state index in [0.717, 1.165) is 38.0 Å². The third-order valence-corrected chi connectivity index (χ3v) is 5.25. The summed E-state index contributed by atoms with van der Waals surface area (Å²) in [5.41, 5.74) is 2.21. The number of rotatable bonds is 6. The quantitative estimate of drug-likeness (QED) is 0.833. The van der Waals surface area contributed by atoms with Crippen molar-refractivity contribution in [2.45, 2.75) is 51.5 Å². The average molecular weight is 343 g/mol. The largest absolute Gasteiger partial charge is 0.353 e. The summed E-state index contributed by atoms with van der Waals surface area (Å²) in [6, 6.07) is 8.46. The lowest BCUT2D eigenvalue weighted by Gasteiger charge is -2.25. The molecule has 1 aromatic carbocycles. The van der Waals surface area contributed by atoms with Crippen molar-refractivity contribution in [2.75, 3.05) is 24.5 Å². The third kappa shape index (κ3) is 4.60. The van der Waals surface area contributed by atoms with Crippen LogP contribution in [-0.4, -0.2) is 37.5 Å². The van der Waals surface area contributed by atoms with Gasteiger partial charge in [-0.05, 0) is 56.5 Å². The Bertz CT molecular complexity index is 593. The maximum atomic E-state index is 12.5. The summed E-state index contributed by atoms with van der Waals surface area (Å²) in [7, 11) is 0. The number of anilines is 1. The Kier molecular flexibility index (Phi) is 6.08. The van der Waals surface area contributed by atoms with Gasteiger partial charge in [-0.15, -0.1) is 0 Å². The zero-order valence-electron chi connectivity index (χ0n) is 15.1. The van der Waals surface area contributed by atoms with E-state index >= 15 is 0 Å². The van der Waals surface area contributed by atoms with Gasteiger partial charge in [0.2, 0.25) is 11.8 Å². The van der Waals surface area contributed by atoms with Gasteiger partial charge in [-0.3, -0.25) is 9.59 Å². The Morgan fingerprint density at radius 3 is 2.64 bits per heavy atom. The number of unbranched alkanes of at least 4 members (excludes halogenated alkanes) is 1. The first kappa shape index (κ1) is 17.9. The summed E-state index contributed by atoms with van der Waals surface area (Å²) < 4.78 is 0. The minimum atomic E-state index is -0.234. The standard InChI is InChI=1S/C20H29N3O2/c1-2-3-4-15-5-7-18(8-6-15)23-14-16(13-19(23)24)20(25)22-17-9-11-21-12-10-17/h5-8,16-17,21H,2-4,9-14H2,1H3,(H,22,25). The van der Waals surface area contributed by atoms with Gasteiger partial charge < -0.3 is 15.5 Å². The first-order chi connectivity index (χ1) is 12.2. The molecule has 2 N–H and O–H groups in total. The van der Waals surface area contributed by atoms with E-state index in [1.807, 2.05) is 12.1 Å². The van der Waals surface area contributed by atoms with Crippen molar-refractivity contribution in [1.29, 1.82) is 0 Å². The van der Waals surface area contributed by atoms with Gasteiger partial charge in [-0.1, -0.05) is 25.5 Å². The molecule has 2 saturated heterocycles. The molecule has 1 atom stereocenters. The minimum absolute atomic E-state index is 0.0299. The molecule has 2 aliphatic rings. The van der Waals surface area contributed by atoms with Gasteiger partial charge in [0.1, 0.15) is 0 Å². The Labute approximate surface area is 150 Å². The normalized spacial score (nSPS) is 21.6. The summed E-state index contributed by atoms with van der Waals surface area (Å²) in [4.78, 5) is 26.6. The Balaban J connectivity index is 1.57. The van der Waals surface area contributed by atoms with Crippen molar-refractivity contribution in [3.8, 4) is 0 Å². The number of amides is 2. The van der Waals surface area contributed by atoms with Crippen LogP contribution >= 0.6 is 0 Å². The number of hydrogen-bond acceptors (Lipinski definition) is 3. The molecule has 2 amide bonds. The molecule has 2 heterocycles. The molecule has 1 aromatic rings. The fourth-order valence-electron chi connectivity index (χ4n) is 3.64. The summed E-state index contributed by atoms with van der Waals surface area (Å²) in [5.74, 6) is -0.156. The number of aryl methyl sites for hydroxylation is 1. The van der Waals surface area contributed by atoms with Gasteiger partial charge >= 0.3 is 0 Å². The molecule has 0 aromatic heterocycles. The summed E-state index contributed by atoms with van der Waals surface area (Å²) >= 11 is 0. The van der Waals surface area contributed by atoms with Crippen molar-refractivity contribution >= 4 is 17.5 Å². The highest BCUT2D eigenvalue weighted by Gasteiger charge is 2.35. The maximum Gasteiger partial charge on any atom is 0.227 e. The van der Waals surface area contributed by atoms with Crippen LogP contribution in [0.4, 0.5) is 5.69 Å². The first-order valence-corrected chi connectivity index (χ1v) is 9.57.